The van der Waals surface area contributed by atoms with Crippen LogP contribution in [-0.2, 0) is 19.7 Å². The maximum absolute atomic E-state index is 13.0. The van der Waals surface area contributed by atoms with Crippen molar-refractivity contribution >= 4 is 15.9 Å². The number of hydrogen-bond donors (Lipinski definition) is 1. The Morgan fingerprint density at radius 2 is 1.52 bits per heavy atom. The molecular weight excluding hydrogens is 433 g/mol. The first-order valence-corrected chi connectivity index (χ1v) is 10.4. The number of aryl methyl sites for hydroxylation is 1. The first-order valence-electron chi connectivity index (χ1n) is 9.64. The van der Waals surface area contributed by atoms with E-state index in [4.69, 9.17) is 9.47 Å². The summed E-state index contributed by atoms with van der Waals surface area (Å²) in [6.07, 6.45) is 0. The molecule has 3 aromatic rings. The largest absolute Gasteiger partial charge is 0.490 e. The summed E-state index contributed by atoms with van der Waals surface area (Å²) in [5.74, 6) is 1.21. The first-order chi connectivity index (χ1) is 14.0. The number of halogens is 2. The Bertz CT molecular complexity index is 927. The van der Waals surface area contributed by atoms with Gasteiger partial charge in [-0.25, -0.2) is 4.39 Å². The van der Waals surface area contributed by atoms with Gasteiger partial charge < -0.3 is 14.8 Å². The van der Waals surface area contributed by atoms with Crippen molar-refractivity contribution in [2.45, 2.75) is 33.5 Å². The molecule has 5 heteroatoms. The Morgan fingerprint density at radius 3 is 2.21 bits per heavy atom. The third-order valence-electron chi connectivity index (χ3n) is 4.49. The van der Waals surface area contributed by atoms with E-state index in [2.05, 4.69) is 52.4 Å². The molecule has 3 nitrogen and oxygen atoms in total. The minimum Gasteiger partial charge on any atom is -0.490 e. The zero-order valence-electron chi connectivity index (χ0n) is 16.7. The Balaban J connectivity index is 1.66. The van der Waals surface area contributed by atoms with E-state index in [0.29, 0.717) is 32.1 Å². The predicted molar refractivity (Wildman–Crippen MR) is 118 cm³/mol. The highest BCUT2D eigenvalue weighted by molar-refractivity contribution is 9.10. The quantitative estimate of drug-likeness (QED) is 0.417. The van der Waals surface area contributed by atoms with E-state index >= 15 is 0 Å². The lowest BCUT2D eigenvalue weighted by atomic mass is 10.1. The Morgan fingerprint density at radius 1 is 0.862 bits per heavy atom. The van der Waals surface area contributed by atoms with Gasteiger partial charge in [0, 0.05) is 17.6 Å². The van der Waals surface area contributed by atoms with Crippen molar-refractivity contribution in [3.05, 3.63) is 93.2 Å². The third-order valence-corrected chi connectivity index (χ3v) is 5.22. The second kappa shape index (κ2) is 10.4. The van der Waals surface area contributed by atoms with Gasteiger partial charge in [-0.3, -0.25) is 0 Å². The van der Waals surface area contributed by atoms with Crippen LogP contribution in [0.2, 0.25) is 0 Å². The fourth-order valence-electron chi connectivity index (χ4n) is 2.88. The van der Waals surface area contributed by atoms with Crippen molar-refractivity contribution in [3.8, 4) is 11.5 Å². The van der Waals surface area contributed by atoms with E-state index in [1.54, 1.807) is 12.1 Å². The molecule has 0 bridgehead atoms. The second-order valence-electron chi connectivity index (χ2n) is 6.83. The van der Waals surface area contributed by atoms with Crippen LogP contribution in [0.1, 0.15) is 29.2 Å². The van der Waals surface area contributed by atoms with Crippen molar-refractivity contribution in [1.82, 2.24) is 5.32 Å². The normalized spacial score (nSPS) is 10.8. The molecule has 0 saturated carbocycles. The van der Waals surface area contributed by atoms with E-state index < -0.39 is 0 Å². The number of benzene rings is 3. The Labute approximate surface area is 180 Å². The minimum atomic E-state index is -0.223. The van der Waals surface area contributed by atoms with E-state index in [1.165, 1.54) is 17.7 Å². The van der Waals surface area contributed by atoms with Gasteiger partial charge in [0.1, 0.15) is 12.4 Å². The van der Waals surface area contributed by atoms with Crippen molar-refractivity contribution in [1.29, 1.82) is 0 Å². The lowest BCUT2D eigenvalue weighted by Gasteiger charge is -2.16. The van der Waals surface area contributed by atoms with Crippen LogP contribution >= 0.6 is 15.9 Å². The molecule has 0 aliphatic rings. The van der Waals surface area contributed by atoms with Crippen molar-refractivity contribution < 1.29 is 13.9 Å². The fraction of sp³-hybridized carbons (Fsp3) is 0.250. The summed E-state index contributed by atoms with van der Waals surface area (Å²) in [6, 6.07) is 18.7. The minimum absolute atomic E-state index is 0.223. The smallest absolute Gasteiger partial charge is 0.162 e. The maximum atomic E-state index is 13.0. The average Bonchev–Trinajstić information content (AvgIpc) is 2.72. The lowest BCUT2D eigenvalue weighted by molar-refractivity contribution is 0.269. The van der Waals surface area contributed by atoms with E-state index in [0.717, 1.165) is 26.9 Å². The van der Waals surface area contributed by atoms with Crippen molar-refractivity contribution in [2.75, 3.05) is 6.61 Å². The molecule has 1 N–H and O–H groups in total. The average molecular weight is 458 g/mol. The van der Waals surface area contributed by atoms with Gasteiger partial charge in [0.2, 0.25) is 0 Å². The molecular formula is C24H25BrFNO2. The highest BCUT2D eigenvalue weighted by Gasteiger charge is 2.11. The SMILES string of the molecule is CCOc1cc(CNCc2ccc(F)cc2)c(Br)cc1OCc1ccc(C)cc1. The van der Waals surface area contributed by atoms with Gasteiger partial charge in [0.15, 0.2) is 11.5 Å². The number of hydrogen-bond acceptors (Lipinski definition) is 3. The summed E-state index contributed by atoms with van der Waals surface area (Å²) in [5.41, 5.74) is 4.44. The summed E-state index contributed by atoms with van der Waals surface area (Å²) in [7, 11) is 0. The molecule has 29 heavy (non-hydrogen) atoms. The molecule has 0 radical (unpaired) electrons. The van der Waals surface area contributed by atoms with Crippen LogP contribution in [0.5, 0.6) is 11.5 Å². The van der Waals surface area contributed by atoms with Crippen molar-refractivity contribution in [3.63, 3.8) is 0 Å². The molecule has 0 atom stereocenters. The fourth-order valence-corrected chi connectivity index (χ4v) is 3.35. The Kier molecular flexibility index (Phi) is 7.67. The van der Waals surface area contributed by atoms with Gasteiger partial charge in [0.25, 0.3) is 0 Å². The molecule has 0 heterocycles. The molecule has 3 rings (SSSR count). The third kappa shape index (κ3) is 6.31. The lowest BCUT2D eigenvalue weighted by Crippen LogP contribution is -2.13. The molecule has 152 valence electrons. The number of nitrogens with one attached hydrogen (secondary N) is 1. The molecule has 3 aromatic carbocycles. The summed E-state index contributed by atoms with van der Waals surface area (Å²) in [6.45, 7) is 6.37. The van der Waals surface area contributed by atoms with Gasteiger partial charge in [-0.1, -0.05) is 57.9 Å². The summed E-state index contributed by atoms with van der Waals surface area (Å²) in [4.78, 5) is 0. The summed E-state index contributed by atoms with van der Waals surface area (Å²) < 4.78 is 25.8. The molecule has 0 spiro atoms. The van der Waals surface area contributed by atoms with Crippen LogP contribution in [0.3, 0.4) is 0 Å². The molecule has 0 fully saturated rings. The second-order valence-corrected chi connectivity index (χ2v) is 7.68. The van der Waals surface area contributed by atoms with Gasteiger partial charge in [-0.15, -0.1) is 0 Å². The van der Waals surface area contributed by atoms with Crippen LogP contribution in [0.4, 0.5) is 4.39 Å². The molecule has 0 saturated heterocycles. The maximum Gasteiger partial charge on any atom is 0.162 e. The van der Waals surface area contributed by atoms with E-state index in [1.807, 2.05) is 19.1 Å². The molecule has 0 aliphatic carbocycles. The number of ether oxygens (including phenoxy) is 2. The number of rotatable bonds is 9. The standard InChI is InChI=1S/C24H25BrFNO2/c1-3-28-23-12-20(15-27-14-18-8-10-21(26)11-9-18)22(25)13-24(23)29-16-19-6-4-17(2)5-7-19/h4-13,27H,3,14-16H2,1-2H3. The van der Waals surface area contributed by atoms with Crippen molar-refractivity contribution in [2.24, 2.45) is 0 Å². The molecule has 0 aromatic heterocycles. The predicted octanol–water partition coefficient (Wildman–Crippen LogP) is 6.16. The van der Waals surface area contributed by atoms with E-state index in [9.17, 15) is 4.39 Å². The monoisotopic (exact) mass is 457 g/mol. The van der Waals surface area contributed by atoms with Gasteiger partial charge >= 0.3 is 0 Å². The first kappa shape index (κ1) is 21.3. The summed E-state index contributed by atoms with van der Waals surface area (Å²) in [5, 5.41) is 3.38. The van der Waals surface area contributed by atoms with Gasteiger partial charge in [0.05, 0.1) is 6.61 Å². The van der Waals surface area contributed by atoms with Crippen LogP contribution in [0, 0.1) is 12.7 Å². The highest BCUT2D eigenvalue weighted by atomic mass is 79.9. The molecule has 0 amide bonds. The van der Waals surface area contributed by atoms with Crippen LogP contribution in [0.25, 0.3) is 0 Å². The Hall–Kier alpha value is -2.37. The zero-order valence-corrected chi connectivity index (χ0v) is 18.3. The van der Waals surface area contributed by atoms with Crippen LogP contribution in [-0.4, -0.2) is 6.61 Å². The van der Waals surface area contributed by atoms with Crippen LogP contribution < -0.4 is 14.8 Å². The topological polar surface area (TPSA) is 30.5 Å². The molecule has 0 aliphatic heterocycles. The van der Waals surface area contributed by atoms with Gasteiger partial charge in [-0.05, 0) is 54.8 Å². The van der Waals surface area contributed by atoms with E-state index in [-0.39, 0.29) is 5.82 Å². The van der Waals surface area contributed by atoms with Crippen LogP contribution in [0.15, 0.2) is 65.1 Å². The van der Waals surface area contributed by atoms with Gasteiger partial charge in [-0.2, -0.15) is 0 Å². The molecule has 0 unspecified atom stereocenters. The summed E-state index contributed by atoms with van der Waals surface area (Å²) >= 11 is 3.64. The zero-order chi connectivity index (χ0) is 20.6. The highest BCUT2D eigenvalue weighted by Crippen LogP contribution is 2.34.